The molecule has 0 aliphatic rings. The molecular formula is C23H18Br2N2O4. The van der Waals surface area contributed by atoms with E-state index in [-0.39, 0.29) is 5.91 Å². The Morgan fingerprint density at radius 2 is 1.61 bits per heavy atom. The number of hydrogen-bond donors (Lipinski definition) is 1. The standard InChI is InChI=1S/C23H18Br2N2O4/c1-15(30-20-11-7-18(24)8-12-20)22(28)27-26-14-16-5-9-21(10-6-16)31-23(29)17-3-2-4-19(25)13-17/h2-15H,1H3,(H,27,28)/b26-14+. The molecule has 0 fully saturated rings. The summed E-state index contributed by atoms with van der Waals surface area (Å²) in [5.41, 5.74) is 3.62. The van der Waals surface area contributed by atoms with Crippen LogP contribution in [0.1, 0.15) is 22.8 Å². The monoisotopic (exact) mass is 544 g/mol. The molecule has 31 heavy (non-hydrogen) atoms. The van der Waals surface area contributed by atoms with E-state index >= 15 is 0 Å². The molecule has 1 N–H and O–H groups in total. The van der Waals surface area contributed by atoms with Gasteiger partial charge in [-0.3, -0.25) is 4.79 Å². The fourth-order valence-electron chi connectivity index (χ4n) is 2.44. The van der Waals surface area contributed by atoms with Crippen molar-refractivity contribution in [2.75, 3.05) is 0 Å². The van der Waals surface area contributed by atoms with E-state index in [9.17, 15) is 9.59 Å². The third-order valence-corrected chi connectivity index (χ3v) is 5.06. The van der Waals surface area contributed by atoms with Crippen molar-refractivity contribution in [3.63, 3.8) is 0 Å². The van der Waals surface area contributed by atoms with Crippen molar-refractivity contribution in [3.8, 4) is 11.5 Å². The number of carbonyl (C=O) groups is 2. The second-order valence-corrected chi connectivity index (χ2v) is 8.25. The lowest BCUT2D eigenvalue weighted by Gasteiger charge is -2.12. The summed E-state index contributed by atoms with van der Waals surface area (Å²) < 4.78 is 12.7. The third-order valence-electron chi connectivity index (χ3n) is 4.04. The van der Waals surface area contributed by atoms with Crippen LogP contribution < -0.4 is 14.9 Å². The highest BCUT2D eigenvalue weighted by molar-refractivity contribution is 9.10. The Labute approximate surface area is 196 Å². The number of nitrogens with one attached hydrogen (secondary N) is 1. The van der Waals surface area contributed by atoms with E-state index in [1.807, 2.05) is 18.2 Å². The molecule has 6 nitrogen and oxygen atoms in total. The molecule has 3 aromatic carbocycles. The summed E-state index contributed by atoms with van der Waals surface area (Å²) in [6.07, 6.45) is 0.780. The van der Waals surface area contributed by atoms with Crippen molar-refractivity contribution in [3.05, 3.63) is 92.9 Å². The maximum atomic E-state index is 12.2. The molecule has 0 saturated heterocycles. The van der Waals surface area contributed by atoms with Gasteiger partial charge < -0.3 is 9.47 Å². The molecular weight excluding hydrogens is 528 g/mol. The Morgan fingerprint density at radius 1 is 0.935 bits per heavy atom. The number of halogens is 2. The second-order valence-electron chi connectivity index (χ2n) is 6.42. The first-order chi connectivity index (χ1) is 14.9. The molecule has 8 heteroatoms. The molecule has 3 rings (SSSR count). The van der Waals surface area contributed by atoms with Crippen molar-refractivity contribution >= 4 is 50.0 Å². The van der Waals surface area contributed by atoms with Gasteiger partial charge in [-0.05, 0) is 79.2 Å². The number of benzene rings is 3. The van der Waals surface area contributed by atoms with Crippen LogP contribution in [0.25, 0.3) is 0 Å². The number of nitrogens with zero attached hydrogens (tertiary/aromatic N) is 1. The molecule has 0 aliphatic carbocycles. The first kappa shape index (κ1) is 22.7. The molecule has 1 unspecified atom stereocenters. The van der Waals surface area contributed by atoms with Gasteiger partial charge in [0.15, 0.2) is 6.10 Å². The minimum Gasteiger partial charge on any atom is -0.481 e. The van der Waals surface area contributed by atoms with Crippen LogP contribution >= 0.6 is 31.9 Å². The highest BCUT2D eigenvalue weighted by Gasteiger charge is 2.14. The molecule has 0 aromatic heterocycles. The number of ether oxygens (including phenoxy) is 2. The Bertz CT molecular complexity index is 1080. The van der Waals surface area contributed by atoms with Gasteiger partial charge >= 0.3 is 5.97 Å². The molecule has 0 heterocycles. The number of esters is 1. The number of amides is 1. The van der Waals surface area contributed by atoms with Gasteiger partial charge in [-0.25, -0.2) is 10.2 Å². The van der Waals surface area contributed by atoms with Gasteiger partial charge in [-0.1, -0.05) is 37.9 Å². The largest absolute Gasteiger partial charge is 0.481 e. The van der Waals surface area contributed by atoms with Crippen LogP contribution in [0.15, 0.2) is 86.8 Å². The lowest BCUT2D eigenvalue weighted by molar-refractivity contribution is -0.127. The van der Waals surface area contributed by atoms with Crippen LogP contribution in [0.4, 0.5) is 0 Å². The van der Waals surface area contributed by atoms with Crippen molar-refractivity contribution in [1.29, 1.82) is 0 Å². The Kier molecular flexibility index (Phi) is 7.97. The molecule has 3 aromatic rings. The van der Waals surface area contributed by atoms with Gasteiger partial charge in [0.2, 0.25) is 0 Å². The topological polar surface area (TPSA) is 77.0 Å². The summed E-state index contributed by atoms with van der Waals surface area (Å²) in [5, 5.41) is 3.94. The number of carbonyl (C=O) groups excluding carboxylic acids is 2. The van der Waals surface area contributed by atoms with Crippen LogP contribution in [-0.2, 0) is 4.79 Å². The normalized spacial score (nSPS) is 11.7. The highest BCUT2D eigenvalue weighted by atomic mass is 79.9. The van der Waals surface area contributed by atoms with Crippen molar-refractivity contribution in [2.24, 2.45) is 5.10 Å². The smallest absolute Gasteiger partial charge is 0.343 e. The predicted octanol–water partition coefficient (Wildman–Crippen LogP) is 5.35. The SMILES string of the molecule is CC(Oc1ccc(Br)cc1)C(=O)N/N=C/c1ccc(OC(=O)c2cccc(Br)c2)cc1. The fraction of sp³-hybridized carbons (Fsp3) is 0.0870. The van der Waals surface area contributed by atoms with Crippen LogP contribution in [0.2, 0.25) is 0 Å². The van der Waals surface area contributed by atoms with Crippen molar-refractivity contribution in [2.45, 2.75) is 13.0 Å². The summed E-state index contributed by atoms with van der Waals surface area (Å²) in [5.74, 6) is 0.166. The summed E-state index contributed by atoms with van der Waals surface area (Å²) in [6, 6.07) is 20.9. The zero-order valence-electron chi connectivity index (χ0n) is 16.4. The Hall–Kier alpha value is -2.97. The lowest BCUT2D eigenvalue weighted by atomic mass is 10.2. The summed E-state index contributed by atoms with van der Waals surface area (Å²) in [4.78, 5) is 24.3. The second kappa shape index (κ2) is 10.9. The zero-order valence-corrected chi connectivity index (χ0v) is 19.6. The number of hydrogen-bond acceptors (Lipinski definition) is 5. The van der Waals surface area contributed by atoms with E-state index in [1.165, 1.54) is 6.21 Å². The van der Waals surface area contributed by atoms with Gasteiger partial charge in [0.1, 0.15) is 11.5 Å². The minimum atomic E-state index is -0.710. The molecule has 0 aliphatic heterocycles. The molecule has 0 saturated carbocycles. The maximum Gasteiger partial charge on any atom is 0.343 e. The molecule has 158 valence electrons. The van der Waals surface area contributed by atoms with Crippen molar-refractivity contribution < 1.29 is 19.1 Å². The Balaban J connectivity index is 1.50. The predicted molar refractivity (Wildman–Crippen MR) is 126 cm³/mol. The summed E-state index contributed by atoms with van der Waals surface area (Å²) in [6.45, 7) is 1.64. The van der Waals surface area contributed by atoms with E-state index < -0.39 is 12.1 Å². The highest BCUT2D eigenvalue weighted by Crippen LogP contribution is 2.18. The number of hydrazone groups is 1. The van der Waals surface area contributed by atoms with E-state index in [4.69, 9.17) is 9.47 Å². The Morgan fingerprint density at radius 3 is 2.29 bits per heavy atom. The molecule has 0 radical (unpaired) electrons. The number of rotatable bonds is 7. The molecule has 0 spiro atoms. The average Bonchev–Trinajstić information content (AvgIpc) is 2.76. The van der Waals surface area contributed by atoms with Crippen molar-refractivity contribution in [1.82, 2.24) is 5.43 Å². The van der Waals surface area contributed by atoms with E-state index in [1.54, 1.807) is 61.5 Å². The first-order valence-corrected chi connectivity index (χ1v) is 10.8. The molecule has 0 bridgehead atoms. The van der Waals surface area contributed by atoms with Gasteiger partial charge in [0.05, 0.1) is 11.8 Å². The quantitative estimate of drug-likeness (QED) is 0.188. The fourth-order valence-corrected chi connectivity index (χ4v) is 3.10. The average molecular weight is 546 g/mol. The van der Waals surface area contributed by atoms with Gasteiger partial charge in [0, 0.05) is 8.95 Å². The lowest BCUT2D eigenvalue weighted by Crippen LogP contribution is -2.33. The van der Waals surface area contributed by atoms with Gasteiger partial charge in [-0.15, -0.1) is 0 Å². The molecule has 1 amide bonds. The van der Waals surface area contributed by atoms with Crippen LogP contribution in [-0.4, -0.2) is 24.2 Å². The van der Waals surface area contributed by atoms with Crippen LogP contribution in [0, 0.1) is 0 Å². The van der Waals surface area contributed by atoms with Gasteiger partial charge in [-0.2, -0.15) is 5.10 Å². The molecule has 1 atom stereocenters. The van der Waals surface area contributed by atoms with E-state index in [0.29, 0.717) is 17.1 Å². The zero-order chi connectivity index (χ0) is 22.2. The van der Waals surface area contributed by atoms with Gasteiger partial charge in [0.25, 0.3) is 5.91 Å². The first-order valence-electron chi connectivity index (χ1n) is 9.23. The van der Waals surface area contributed by atoms with Crippen LogP contribution in [0.3, 0.4) is 0 Å². The maximum absolute atomic E-state index is 12.2. The summed E-state index contributed by atoms with van der Waals surface area (Å²) >= 11 is 6.67. The van der Waals surface area contributed by atoms with E-state index in [0.717, 1.165) is 14.5 Å². The minimum absolute atomic E-state index is 0.376. The van der Waals surface area contributed by atoms with E-state index in [2.05, 4.69) is 42.4 Å². The van der Waals surface area contributed by atoms with Crippen LogP contribution in [0.5, 0.6) is 11.5 Å². The summed E-state index contributed by atoms with van der Waals surface area (Å²) in [7, 11) is 0. The third kappa shape index (κ3) is 7.04.